The fourth-order valence-corrected chi connectivity index (χ4v) is 1.99. The van der Waals surface area contributed by atoms with Gasteiger partial charge in [0.2, 0.25) is 0 Å². The molecule has 23 heavy (non-hydrogen) atoms. The van der Waals surface area contributed by atoms with Crippen LogP contribution in [0, 0.1) is 0 Å². The lowest BCUT2D eigenvalue weighted by Gasteiger charge is -2.07. The van der Waals surface area contributed by atoms with E-state index in [1.807, 2.05) is 36.4 Å². The Morgan fingerprint density at radius 2 is 1.52 bits per heavy atom. The van der Waals surface area contributed by atoms with Gasteiger partial charge in [-0.25, -0.2) is 9.90 Å². The van der Waals surface area contributed by atoms with E-state index in [0.29, 0.717) is 11.4 Å². The molecule has 0 saturated heterocycles. The van der Waals surface area contributed by atoms with Crippen LogP contribution in [0.15, 0.2) is 48.5 Å². The summed E-state index contributed by atoms with van der Waals surface area (Å²) in [6.07, 6.45) is 1.72. The molecule has 0 aliphatic rings. The van der Waals surface area contributed by atoms with Gasteiger partial charge in [-0.1, -0.05) is 24.3 Å². The lowest BCUT2D eigenvalue weighted by Crippen LogP contribution is -2.15. The van der Waals surface area contributed by atoms with E-state index in [4.69, 9.17) is 0 Å². The number of rotatable bonds is 7. The van der Waals surface area contributed by atoms with Gasteiger partial charge in [-0.05, 0) is 41.8 Å². The lowest BCUT2D eigenvalue weighted by atomic mass is 10.0. The van der Waals surface area contributed by atoms with Crippen molar-refractivity contribution in [2.45, 2.75) is 6.42 Å². The summed E-state index contributed by atoms with van der Waals surface area (Å²) in [5.41, 5.74) is 3.47. The van der Waals surface area contributed by atoms with Crippen molar-refractivity contribution in [2.24, 2.45) is 0 Å². The average Bonchev–Trinajstić information content (AvgIpc) is 2.57. The van der Waals surface area contributed by atoms with E-state index in [9.17, 15) is 14.7 Å². The second kappa shape index (κ2) is 8.55. The number of carbonyl (C=O) groups excluding carboxylic acids is 2. The monoisotopic (exact) mass is 312 g/mol. The summed E-state index contributed by atoms with van der Waals surface area (Å²) in [5, 5.41) is 15.2. The summed E-state index contributed by atoms with van der Waals surface area (Å²) >= 11 is 0. The van der Waals surface area contributed by atoms with Crippen LogP contribution in [0.3, 0.4) is 0 Å². The van der Waals surface area contributed by atoms with E-state index >= 15 is 0 Å². The minimum Gasteiger partial charge on any atom is -0.447 e. The van der Waals surface area contributed by atoms with Gasteiger partial charge in [-0.2, -0.15) is 0 Å². The number of hydrogen-bond donors (Lipinski definition) is 2. The van der Waals surface area contributed by atoms with Gasteiger partial charge in [0.05, 0.1) is 0 Å². The Morgan fingerprint density at radius 3 is 2.04 bits per heavy atom. The smallest absolute Gasteiger partial charge is 0.411 e. The molecule has 0 bridgehead atoms. The Labute approximate surface area is 134 Å². The number of hydrogen-bond acceptors (Lipinski definition) is 3. The zero-order chi connectivity index (χ0) is 16.5. The Bertz CT molecular complexity index is 639. The summed E-state index contributed by atoms with van der Waals surface area (Å²) in [7, 11) is 0. The van der Waals surface area contributed by atoms with Crippen molar-refractivity contribution in [3.05, 3.63) is 59.7 Å². The van der Waals surface area contributed by atoms with E-state index in [-0.39, 0.29) is 6.61 Å². The van der Waals surface area contributed by atoms with Crippen LogP contribution in [0.25, 0.3) is 0 Å². The van der Waals surface area contributed by atoms with Crippen LogP contribution in [0.5, 0.6) is 0 Å². The molecule has 0 fully saturated rings. The van der Waals surface area contributed by atoms with Gasteiger partial charge in [0.15, 0.2) is 0 Å². The molecule has 0 aromatic heterocycles. The van der Waals surface area contributed by atoms with Gasteiger partial charge < -0.3 is 10.1 Å². The zero-order valence-corrected chi connectivity index (χ0v) is 12.4. The van der Waals surface area contributed by atoms with Gasteiger partial charge in [-0.15, -0.1) is 0 Å². The van der Waals surface area contributed by atoms with Gasteiger partial charge in [-0.3, -0.25) is 10.1 Å². The lowest BCUT2D eigenvalue weighted by molar-refractivity contribution is 0.101. The molecule has 0 aliphatic carbocycles. The minimum absolute atomic E-state index is 0.142. The highest BCUT2D eigenvalue weighted by molar-refractivity contribution is 5.84. The summed E-state index contributed by atoms with van der Waals surface area (Å²) in [6.45, 7) is -0.595. The molecule has 2 aromatic rings. The molecule has 0 spiro atoms. The molecule has 6 heteroatoms. The van der Waals surface area contributed by atoms with Crippen molar-refractivity contribution in [3.63, 3.8) is 0 Å². The maximum Gasteiger partial charge on any atom is 0.411 e. The maximum atomic E-state index is 11.3. The van der Waals surface area contributed by atoms with Crippen molar-refractivity contribution in [2.75, 3.05) is 23.8 Å². The van der Waals surface area contributed by atoms with E-state index < -0.39 is 12.7 Å². The van der Waals surface area contributed by atoms with Crippen LogP contribution in [-0.4, -0.2) is 25.7 Å². The van der Waals surface area contributed by atoms with Crippen LogP contribution in [-0.2, 0) is 21.1 Å². The predicted molar refractivity (Wildman–Crippen MR) is 85.5 cm³/mol. The molecule has 2 aromatic carbocycles. The summed E-state index contributed by atoms with van der Waals surface area (Å²) in [5.74, 6) is 0. The Hall–Kier alpha value is -2.86. The summed E-state index contributed by atoms with van der Waals surface area (Å²) < 4.78 is 4.66. The predicted octanol–water partition coefficient (Wildman–Crippen LogP) is 2.74. The van der Waals surface area contributed by atoms with Crippen molar-refractivity contribution in [1.82, 2.24) is 0 Å². The highest BCUT2D eigenvalue weighted by Gasteiger charge is 2.03. The second-order valence-corrected chi connectivity index (χ2v) is 4.76. The van der Waals surface area contributed by atoms with Crippen molar-refractivity contribution >= 4 is 23.9 Å². The topological polar surface area (TPSA) is 87.3 Å². The highest BCUT2D eigenvalue weighted by atomic mass is 16.6. The zero-order valence-electron chi connectivity index (χ0n) is 12.4. The maximum absolute atomic E-state index is 11.3. The van der Waals surface area contributed by atoms with E-state index in [1.54, 1.807) is 18.5 Å². The molecule has 2 N–H and O–H groups in total. The Kier molecular flexibility index (Phi) is 6.14. The van der Waals surface area contributed by atoms with E-state index in [1.165, 1.54) is 0 Å². The molecule has 2 radical (unpaired) electrons. The largest absolute Gasteiger partial charge is 0.447 e. The van der Waals surface area contributed by atoms with Crippen LogP contribution in [0.1, 0.15) is 11.1 Å². The first kappa shape index (κ1) is 16.5. The first-order valence-corrected chi connectivity index (χ1v) is 7.04. The molecule has 0 atom stereocenters. The second-order valence-electron chi connectivity index (χ2n) is 4.76. The SMILES string of the molecule is [O]CCOC(=O)Nc1ccc(Cc2ccc(N[C]=O)cc2)cc1. The molecule has 2 rings (SSSR count). The molecule has 0 unspecified atom stereocenters. The molecule has 6 nitrogen and oxygen atoms in total. The van der Waals surface area contributed by atoms with Crippen LogP contribution in [0.2, 0.25) is 0 Å². The van der Waals surface area contributed by atoms with E-state index in [0.717, 1.165) is 17.5 Å². The van der Waals surface area contributed by atoms with Crippen LogP contribution >= 0.6 is 0 Å². The van der Waals surface area contributed by atoms with Crippen LogP contribution < -0.4 is 10.6 Å². The third kappa shape index (κ3) is 5.44. The quantitative estimate of drug-likeness (QED) is 0.771. The number of ether oxygens (including phenoxy) is 1. The normalized spacial score (nSPS) is 9.96. The minimum atomic E-state index is -0.635. The van der Waals surface area contributed by atoms with Crippen LogP contribution in [0.4, 0.5) is 16.2 Å². The summed E-state index contributed by atoms with van der Waals surface area (Å²) in [6, 6.07) is 14.8. The highest BCUT2D eigenvalue weighted by Crippen LogP contribution is 2.15. The van der Waals surface area contributed by atoms with Crippen molar-refractivity contribution in [1.29, 1.82) is 0 Å². The average molecular weight is 312 g/mol. The fourth-order valence-electron chi connectivity index (χ4n) is 1.99. The Morgan fingerprint density at radius 1 is 0.957 bits per heavy atom. The molecular formula is C17H16N2O4. The molecule has 0 heterocycles. The fraction of sp³-hybridized carbons (Fsp3) is 0.176. The van der Waals surface area contributed by atoms with Crippen molar-refractivity contribution in [3.8, 4) is 0 Å². The molecule has 0 saturated carbocycles. The third-order valence-electron chi connectivity index (χ3n) is 3.07. The third-order valence-corrected chi connectivity index (χ3v) is 3.07. The van der Waals surface area contributed by atoms with E-state index in [2.05, 4.69) is 15.4 Å². The number of anilines is 2. The molecule has 2 amide bonds. The van der Waals surface area contributed by atoms with Gasteiger partial charge in [0.1, 0.15) is 13.2 Å². The molecular weight excluding hydrogens is 296 g/mol. The first-order chi connectivity index (χ1) is 11.2. The number of nitrogens with one attached hydrogen (secondary N) is 2. The number of carbonyl (C=O) groups is 1. The standard InChI is InChI=1S/C17H16N2O4/c20-9-10-23-17(22)19-16-7-3-14(4-8-16)11-13-1-5-15(6-2-13)18-12-21/h1-8H,9-11H2,(H,18,21)(H,19,22). The summed E-state index contributed by atoms with van der Waals surface area (Å²) in [4.78, 5) is 21.6. The van der Waals surface area contributed by atoms with Gasteiger partial charge >= 0.3 is 12.5 Å². The molecule has 118 valence electrons. The number of benzene rings is 2. The first-order valence-electron chi connectivity index (χ1n) is 7.04. The van der Waals surface area contributed by atoms with Gasteiger partial charge in [0, 0.05) is 11.4 Å². The van der Waals surface area contributed by atoms with Crippen molar-refractivity contribution < 1.29 is 19.4 Å². The number of amides is 2. The molecule has 0 aliphatic heterocycles. The van der Waals surface area contributed by atoms with Gasteiger partial charge in [0.25, 0.3) is 0 Å². The Balaban J connectivity index is 1.91.